The van der Waals surface area contributed by atoms with E-state index in [4.69, 9.17) is 0 Å². The third kappa shape index (κ3) is 2.17. The van der Waals surface area contributed by atoms with Crippen LogP contribution in [0.1, 0.15) is 27.8 Å². The van der Waals surface area contributed by atoms with Crippen molar-refractivity contribution in [2.45, 2.75) is 20.8 Å². The van der Waals surface area contributed by atoms with E-state index in [1.165, 1.54) is 16.7 Å². The maximum atomic E-state index is 12.5. The predicted molar refractivity (Wildman–Crippen MR) is 88.4 cm³/mol. The van der Waals surface area contributed by atoms with Crippen molar-refractivity contribution in [1.29, 1.82) is 0 Å². The Morgan fingerprint density at radius 2 is 1.62 bits per heavy atom. The van der Waals surface area contributed by atoms with E-state index >= 15 is 0 Å². The number of fused-ring (bicyclic) bond motifs is 1. The number of hydrogen-bond donors (Lipinski definition) is 0. The molecule has 0 unspecified atom stereocenters. The van der Waals surface area contributed by atoms with E-state index in [2.05, 4.69) is 32.9 Å². The molecule has 0 bridgehead atoms. The second kappa shape index (κ2) is 4.88. The summed E-state index contributed by atoms with van der Waals surface area (Å²) in [5.41, 5.74) is 7.60. The monoisotopic (exact) mass is 277 g/mol. The fourth-order valence-corrected chi connectivity index (χ4v) is 3.10. The number of para-hydroxylation sites is 1. The Hall–Kier alpha value is -2.35. The highest BCUT2D eigenvalue weighted by Gasteiger charge is 2.29. The number of rotatable bonds is 1. The molecule has 0 atom stereocenters. The number of carbonyl (C=O) groups excluding carboxylic acids is 1. The molecule has 0 aliphatic carbocycles. The van der Waals surface area contributed by atoms with Crippen LogP contribution in [-0.2, 0) is 4.79 Å². The second-order valence-electron chi connectivity index (χ2n) is 5.75. The lowest BCUT2D eigenvalue weighted by Crippen LogP contribution is -2.20. The molecule has 2 nitrogen and oxygen atoms in total. The maximum Gasteiger partial charge on any atom is 0.258 e. The molecule has 1 aliphatic rings. The molecule has 0 fully saturated rings. The van der Waals surface area contributed by atoms with Crippen LogP contribution in [0.5, 0.6) is 0 Å². The Labute approximate surface area is 125 Å². The largest absolute Gasteiger partial charge is 0.311 e. The molecule has 3 rings (SSSR count). The predicted octanol–water partition coefficient (Wildman–Crippen LogP) is 4.13. The van der Waals surface area contributed by atoms with Gasteiger partial charge in [0.1, 0.15) is 0 Å². The first-order chi connectivity index (χ1) is 9.99. The Bertz CT molecular complexity index is 748. The topological polar surface area (TPSA) is 20.3 Å². The van der Waals surface area contributed by atoms with Gasteiger partial charge in [0.15, 0.2) is 0 Å². The molecule has 0 saturated carbocycles. The highest BCUT2D eigenvalue weighted by molar-refractivity contribution is 6.35. The van der Waals surface area contributed by atoms with Crippen LogP contribution in [0.2, 0.25) is 0 Å². The van der Waals surface area contributed by atoms with Crippen molar-refractivity contribution in [3.05, 3.63) is 64.2 Å². The average Bonchev–Trinajstić information content (AvgIpc) is 2.67. The smallest absolute Gasteiger partial charge is 0.258 e. The van der Waals surface area contributed by atoms with Crippen LogP contribution in [0.15, 0.2) is 36.4 Å². The molecule has 0 saturated heterocycles. The summed E-state index contributed by atoms with van der Waals surface area (Å²) in [5, 5.41) is 0. The lowest BCUT2D eigenvalue weighted by atomic mass is 9.96. The quantitative estimate of drug-likeness (QED) is 0.718. The average molecular weight is 277 g/mol. The van der Waals surface area contributed by atoms with Crippen LogP contribution in [0.4, 0.5) is 5.69 Å². The number of hydrogen-bond acceptors (Lipinski definition) is 1. The summed E-state index contributed by atoms with van der Waals surface area (Å²) in [7, 11) is 1.83. The summed E-state index contributed by atoms with van der Waals surface area (Å²) in [6, 6.07) is 12.3. The number of likely N-dealkylation sites (N-methyl/N-ethyl adjacent to an activating group) is 1. The van der Waals surface area contributed by atoms with Gasteiger partial charge in [-0.15, -0.1) is 0 Å². The van der Waals surface area contributed by atoms with Gasteiger partial charge in [0, 0.05) is 18.2 Å². The lowest BCUT2D eigenvalue weighted by molar-refractivity contribution is -0.112. The van der Waals surface area contributed by atoms with E-state index < -0.39 is 0 Å². The van der Waals surface area contributed by atoms with Crippen molar-refractivity contribution in [3.8, 4) is 0 Å². The summed E-state index contributed by atoms with van der Waals surface area (Å²) >= 11 is 0. The lowest BCUT2D eigenvalue weighted by Gasteiger charge is -2.09. The zero-order chi connectivity index (χ0) is 15.1. The SMILES string of the molecule is Cc1cc(C)c(/C=C2\C(=O)N(C)c3ccccc32)c(C)c1. The van der Waals surface area contributed by atoms with Crippen molar-refractivity contribution >= 4 is 23.2 Å². The van der Waals surface area contributed by atoms with Crippen LogP contribution in [0.25, 0.3) is 11.6 Å². The number of anilines is 1. The van der Waals surface area contributed by atoms with Crippen LogP contribution in [0.3, 0.4) is 0 Å². The van der Waals surface area contributed by atoms with Gasteiger partial charge >= 0.3 is 0 Å². The molecule has 21 heavy (non-hydrogen) atoms. The minimum absolute atomic E-state index is 0.0653. The van der Waals surface area contributed by atoms with E-state index in [9.17, 15) is 4.79 Å². The molecule has 1 amide bonds. The van der Waals surface area contributed by atoms with Crippen molar-refractivity contribution < 1.29 is 4.79 Å². The van der Waals surface area contributed by atoms with Gasteiger partial charge in [-0.2, -0.15) is 0 Å². The summed E-state index contributed by atoms with van der Waals surface area (Å²) in [5.74, 6) is 0.0653. The van der Waals surface area contributed by atoms with Gasteiger partial charge in [-0.25, -0.2) is 0 Å². The molecule has 2 aromatic carbocycles. The van der Waals surface area contributed by atoms with E-state index in [-0.39, 0.29) is 5.91 Å². The highest BCUT2D eigenvalue weighted by Crippen LogP contribution is 2.37. The third-order valence-corrected chi connectivity index (χ3v) is 4.12. The van der Waals surface area contributed by atoms with Gasteiger partial charge in [0.25, 0.3) is 5.91 Å². The van der Waals surface area contributed by atoms with Crippen molar-refractivity contribution in [2.24, 2.45) is 0 Å². The number of benzene rings is 2. The molecule has 0 N–H and O–H groups in total. The molecule has 2 aromatic rings. The molecule has 106 valence electrons. The van der Waals surface area contributed by atoms with Gasteiger partial charge in [0.2, 0.25) is 0 Å². The number of nitrogens with zero attached hydrogens (tertiary/aromatic N) is 1. The Balaban J connectivity index is 2.20. The highest BCUT2D eigenvalue weighted by atomic mass is 16.2. The molecular weight excluding hydrogens is 258 g/mol. The molecular formula is C19H19NO. The van der Waals surface area contributed by atoms with E-state index in [0.29, 0.717) is 0 Å². The second-order valence-corrected chi connectivity index (χ2v) is 5.75. The molecule has 2 heteroatoms. The molecule has 0 radical (unpaired) electrons. The zero-order valence-electron chi connectivity index (χ0n) is 12.9. The van der Waals surface area contributed by atoms with Gasteiger partial charge in [-0.3, -0.25) is 4.79 Å². The summed E-state index contributed by atoms with van der Waals surface area (Å²) < 4.78 is 0. The molecule has 1 heterocycles. The van der Waals surface area contributed by atoms with Crippen molar-refractivity contribution in [3.63, 3.8) is 0 Å². The fourth-order valence-electron chi connectivity index (χ4n) is 3.10. The number of amides is 1. The van der Waals surface area contributed by atoms with Crippen LogP contribution in [0, 0.1) is 20.8 Å². The van der Waals surface area contributed by atoms with Gasteiger partial charge < -0.3 is 4.90 Å². The standard InChI is InChI=1S/C19H19NO/c1-12-9-13(2)16(14(3)10-12)11-17-15-7-5-6-8-18(15)20(4)19(17)21/h5-11H,1-4H3/b17-11-. The number of aryl methyl sites for hydroxylation is 3. The fraction of sp³-hybridized carbons (Fsp3) is 0.211. The van der Waals surface area contributed by atoms with Gasteiger partial charge in [0.05, 0.1) is 5.69 Å². The van der Waals surface area contributed by atoms with E-state index in [1.807, 2.05) is 37.4 Å². The first-order valence-electron chi connectivity index (χ1n) is 7.16. The summed E-state index contributed by atoms with van der Waals surface area (Å²) in [6.07, 6.45) is 2.04. The first-order valence-corrected chi connectivity index (χ1v) is 7.16. The normalized spacial score (nSPS) is 15.7. The van der Waals surface area contributed by atoms with E-state index in [0.717, 1.165) is 22.4 Å². The maximum absolute atomic E-state index is 12.5. The molecule has 0 spiro atoms. The minimum Gasteiger partial charge on any atom is -0.311 e. The van der Waals surface area contributed by atoms with Crippen LogP contribution in [-0.4, -0.2) is 13.0 Å². The van der Waals surface area contributed by atoms with Gasteiger partial charge in [-0.05, 0) is 49.6 Å². The zero-order valence-corrected chi connectivity index (χ0v) is 12.9. The molecule has 0 aromatic heterocycles. The summed E-state index contributed by atoms with van der Waals surface area (Å²) in [6.45, 7) is 6.30. The van der Waals surface area contributed by atoms with Crippen LogP contribution >= 0.6 is 0 Å². The third-order valence-electron chi connectivity index (χ3n) is 4.12. The minimum atomic E-state index is 0.0653. The van der Waals surface area contributed by atoms with E-state index in [1.54, 1.807) is 4.90 Å². The Morgan fingerprint density at radius 3 is 2.29 bits per heavy atom. The molecule has 1 aliphatic heterocycles. The van der Waals surface area contributed by atoms with Crippen molar-refractivity contribution in [2.75, 3.05) is 11.9 Å². The number of carbonyl (C=O) groups is 1. The summed E-state index contributed by atoms with van der Waals surface area (Å²) in [4.78, 5) is 14.2. The first kappa shape index (κ1) is 13.6. The Morgan fingerprint density at radius 1 is 1.00 bits per heavy atom. The van der Waals surface area contributed by atoms with Gasteiger partial charge in [-0.1, -0.05) is 35.9 Å². The van der Waals surface area contributed by atoms with Crippen LogP contribution < -0.4 is 4.90 Å². The Kier molecular flexibility index (Phi) is 3.17. The van der Waals surface area contributed by atoms with Crippen molar-refractivity contribution in [1.82, 2.24) is 0 Å².